The van der Waals surface area contributed by atoms with E-state index in [2.05, 4.69) is 25.8 Å². The van der Waals surface area contributed by atoms with Gasteiger partial charge in [0.1, 0.15) is 0 Å². The lowest BCUT2D eigenvalue weighted by Gasteiger charge is -2.24. The molecular formula is C25H47ClSi. The van der Waals surface area contributed by atoms with Gasteiger partial charge in [0.25, 0.3) is 0 Å². The van der Waals surface area contributed by atoms with Crippen LogP contribution in [0.4, 0.5) is 0 Å². The lowest BCUT2D eigenvalue weighted by molar-refractivity contribution is 0.603. The van der Waals surface area contributed by atoms with E-state index in [-0.39, 0.29) is 0 Å². The van der Waals surface area contributed by atoms with Gasteiger partial charge in [-0.2, -0.15) is 11.1 Å². The SMILES string of the molecule is C=CCCCCCCCC[Si](Cl)(CCCC=C)CCCCCCCCC=C. The summed E-state index contributed by atoms with van der Waals surface area (Å²) in [6.45, 7) is 11.5. The van der Waals surface area contributed by atoms with E-state index in [4.69, 9.17) is 11.1 Å². The van der Waals surface area contributed by atoms with Gasteiger partial charge in [0, 0.05) is 0 Å². The maximum atomic E-state index is 7.22. The molecule has 0 atom stereocenters. The molecule has 0 aromatic carbocycles. The molecule has 0 aliphatic rings. The molecule has 0 radical (unpaired) electrons. The molecule has 0 aromatic heterocycles. The van der Waals surface area contributed by atoms with E-state index in [1.54, 1.807) is 0 Å². The third kappa shape index (κ3) is 18.8. The Hall–Kier alpha value is -0.273. The molecule has 0 aliphatic heterocycles. The minimum atomic E-state index is -1.55. The first kappa shape index (κ1) is 26.7. The summed E-state index contributed by atoms with van der Waals surface area (Å²) in [6.07, 6.45) is 27.2. The quantitative estimate of drug-likeness (QED) is 0.0720. The van der Waals surface area contributed by atoms with E-state index in [1.165, 1.54) is 114 Å². The van der Waals surface area contributed by atoms with Crippen molar-refractivity contribution in [3.63, 3.8) is 0 Å². The van der Waals surface area contributed by atoms with Crippen molar-refractivity contribution in [1.82, 2.24) is 0 Å². The van der Waals surface area contributed by atoms with Crippen molar-refractivity contribution in [2.45, 2.75) is 121 Å². The zero-order valence-corrected chi connectivity index (χ0v) is 19.9. The summed E-state index contributed by atoms with van der Waals surface area (Å²) in [7, 11) is -1.55. The van der Waals surface area contributed by atoms with Crippen molar-refractivity contribution in [3.05, 3.63) is 38.0 Å². The van der Waals surface area contributed by atoms with Crippen LogP contribution in [0.3, 0.4) is 0 Å². The number of hydrogen-bond donors (Lipinski definition) is 0. The molecule has 0 bridgehead atoms. The molecule has 2 heteroatoms. The molecule has 0 nitrogen and oxygen atoms in total. The lowest BCUT2D eigenvalue weighted by atomic mass is 10.1. The van der Waals surface area contributed by atoms with Gasteiger partial charge in [0.15, 0.2) is 7.38 Å². The van der Waals surface area contributed by atoms with Crippen LogP contribution in [0.5, 0.6) is 0 Å². The van der Waals surface area contributed by atoms with Gasteiger partial charge in [-0.15, -0.1) is 19.7 Å². The molecule has 0 spiro atoms. The fourth-order valence-corrected chi connectivity index (χ4v) is 8.37. The van der Waals surface area contributed by atoms with Gasteiger partial charge < -0.3 is 0 Å². The lowest BCUT2D eigenvalue weighted by Crippen LogP contribution is -2.26. The summed E-state index contributed by atoms with van der Waals surface area (Å²) < 4.78 is 0. The van der Waals surface area contributed by atoms with Gasteiger partial charge in [0.2, 0.25) is 0 Å². The highest BCUT2D eigenvalue weighted by Crippen LogP contribution is 2.32. The van der Waals surface area contributed by atoms with Crippen molar-refractivity contribution in [3.8, 4) is 0 Å². The fraction of sp³-hybridized carbons (Fsp3) is 0.760. The maximum absolute atomic E-state index is 7.22. The highest BCUT2D eigenvalue weighted by molar-refractivity contribution is 7.20. The van der Waals surface area contributed by atoms with Crippen molar-refractivity contribution >= 4 is 18.5 Å². The van der Waals surface area contributed by atoms with Gasteiger partial charge in [-0.3, -0.25) is 0 Å². The van der Waals surface area contributed by atoms with Crippen LogP contribution in [-0.4, -0.2) is 7.38 Å². The highest BCUT2D eigenvalue weighted by Gasteiger charge is 2.28. The number of unbranched alkanes of at least 4 members (excludes halogenated alkanes) is 13. The van der Waals surface area contributed by atoms with Crippen molar-refractivity contribution < 1.29 is 0 Å². The summed E-state index contributed by atoms with van der Waals surface area (Å²) in [5.74, 6) is 0. The van der Waals surface area contributed by atoms with Crippen LogP contribution >= 0.6 is 11.1 Å². The number of rotatable bonds is 22. The van der Waals surface area contributed by atoms with Crippen LogP contribution in [0.15, 0.2) is 38.0 Å². The largest absolute Gasteiger partial charge is 0.167 e. The van der Waals surface area contributed by atoms with Gasteiger partial charge in [-0.25, -0.2) is 0 Å². The van der Waals surface area contributed by atoms with Crippen molar-refractivity contribution in [1.29, 1.82) is 0 Å². The first-order chi connectivity index (χ1) is 13.2. The molecule has 0 heterocycles. The van der Waals surface area contributed by atoms with Crippen LogP contribution in [0.2, 0.25) is 18.1 Å². The Morgan fingerprint density at radius 2 is 0.741 bits per heavy atom. The summed E-state index contributed by atoms with van der Waals surface area (Å²) in [4.78, 5) is 0. The Balaban J connectivity index is 3.91. The summed E-state index contributed by atoms with van der Waals surface area (Å²) >= 11 is 7.22. The molecule has 0 rings (SSSR count). The third-order valence-electron chi connectivity index (χ3n) is 5.60. The van der Waals surface area contributed by atoms with Gasteiger partial charge in [0.05, 0.1) is 0 Å². The highest BCUT2D eigenvalue weighted by atomic mass is 35.6. The van der Waals surface area contributed by atoms with Gasteiger partial charge in [-0.1, -0.05) is 88.9 Å². The monoisotopic (exact) mass is 410 g/mol. The average Bonchev–Trinajstić information content (AvgIpc) is 2.66. The minimum Gasteiger partial charge on any atom is -0.167 e. The Morgan fingerprint density at radius 1 is 0.444 bits per heavy atom. The molecule has 158 valence electrons. The smallest absolute Gasteiger partial charge is 0.156 e. The second kappa shape index (κ2) is 20.5. The second-order valence-electron chi connectivity index (χ2n) is 8.23. The van der Waals surface area contributed by atoms with Gasteiger partial charge >= 0.3 is 0 Å². The summed E-state index contributed by atoms with van der Waals surface area (Å²) in [5.41, 5.74) is 0. The molecule has 0 fully saturated rings. The Kier molecular flexibility index (Phi) is 20.3. The Morgan fingerprint density at radius 3 is 1.15 bits per heavy atom. The zero-order chi connectivity index (χ0) is 20.1. The molecule has 0 aliphatic carbocycles. The first-order valence-corrected chi connectivity index (χ1v) is 15.3. The van der Waals surface area contributed by atoms with Crippen LogP contribution in [0, 0.1) is 0 Å². The minimum absolute atomic E-state index is 1.13. The van der Waals surface area contributed by atoms with Gasteiger partial charge in [-0.05, 0) is 50.2 Å². The molecule has 0 unspecified atom stereocenters. The fourth-order valence-electron chi connectivity index (χ4n) is 3.81. The van der Waals surface area contributed by atoms with E-state index in [1.807, 2.05) is 12.2 Å². The summed E-state index contributed by atoms with van der Waals surface area (Å²) in [6, 6.07) is 3.95. The Labute approximate surface area is 177 Å². The van der Waals surface area contributed by atoms with Crippen molar-refractivity contribution in [2.75, 3.05) is 0 Å². The topological polar surface area (TPSA) is 0 Å². The average molecular weight is 411 g/mol. The maximum Gasteiger partial charge on any atom is 0.156 e. The van der Waals surface area contributed by atoms with Crippen LogP contribution < -0.4 is 0 Å². The normalized spacial score (nSPS) is 11.4. The summed E-state index contributed by atoms with van der Waals surface area (Å²) in [5, 5.41) is 0. The third-order valence-corrected chi connectivity index (χ3v) is 11.0. The molecule has 0 N–H and O–H groups in total. The van der Waals surface area contributed by atoms with Crippen LogP contribution in [0.25, 0.3) is 0 Å². The second-order valence-corrected chi connectivity index (χ2v) is 14.4. The molecule has 0 saturated carbocycles. The van der Waals surface area contributed by atoms with E-state index in [9.17, 15) is 0 Å². The van der Waals surface area contributed by atoms with Crippen molar-refractivity contribution in [2.24, 2.45) is 0 Å². The number of halogens is 1. The predicted molar refractivity (Wildman–Crippen MR) is 130 cm³/mol. The van der Waals surface area contributed by atoms with E-state index >= 15 is 0 Å². The van der Waals surface area contributed by atoms with E-state index in [0.717, 1.165) is 6.42 Å². The predicted octanol–water partition coefficient (Wildman–Crippen LogP) is 9.97. The number of allylic oxidation sites excluding steroid dienone is 3. The molecule has 0 aromatic rings. The molecule has 0 saturated heterocycles. The molecule has 0 amide bonds. The Bertz CT molecular complexity index is 326. The van der Waals surface area contributed by atoms with E-state index < -0.39 is 7.38 Å². The molecular weight excluding hydrogens is 364 g/mol. The zero-order valence-electron chi connectivity index (χ0n) is 18.2. The van der Waals surface area contributed by atoms with E-state index in [0.29, 0.717) is 0 Å². The standard InChI is InChI=1S/C25H47ClSi/c1-4-7-10-12-14-16-18-21-24-27(26,23-20-9-6-3)25-22-19-17-15-13-11-8-5-2/h4-6H,1-3,7-25H2. The van der Waals surface area contributed by atoms with Crippen LogP contribution in [0.1, 0.15) is 103 Å². The number of hydrogen-bond acceptors (Lipinski definition) is 0. The van der Waals surface area contributed by atoms with Crippen LogP contribution in [-0.2, 0) is 0 Å². The first-order valence-electron chi connectivity index (χ1n) is 11.7. The molecule has 27 heavy (non-hydrogen) atoms.